The molecule has 1 aromatic carbocycles. The Hall–Kier alpha value is -4.06. The number of nitrogens with one attached hydrogen (secondary N) is 1. The van der Waals surface area contributed by atoms with Crippen LogP contribution in [0.4, 0.5) is 10.3 Å². The number of rotatable bonds is 7. The van der Waals surface area contributed by atoms with Crippen molar-refractivity contribution < 1.29 is 33.7 Å². The molecule has 5 N–H and O–H groups in total. The Kier molecular flexibility index (Phi) is 8.90. The third-order valence-electron chi connectivity index (χ3n) is 6.05. The minimum atomic E-state index is -1.26. The van der Waals surface area contributed by atoms with Gasteiger partial charge >= 0.3 is 11.9 Å². The van der Waals surface area contributed by atoms with E-state index in [9.17, 15) is 18.8 Å². The molecule has 2 unspecified atom stereocenters. The number of carbonyl (C=O) groups is 3. The number of ether oxygens (including phenoxy) is 1. The quantitative estimate of drug-likeness (QED) is 0.411. The number of methoxy groups -OCH3 is 1. The zero-order valence-electron chi connectivity index (χ0n) is 19.6. The van der Waals surface area contributed by atoms with Crippen LogP contribution in [0, 0.1) is 5.82 Å². The standard InChI is InChI=1S/C20H24FN5O2.C4H4O4/c1-28-19-17(10-23-20(22)25-19)18(27)24-14-8-15-5-6-16(9-14)26(15)11-12-3-2-4-13(21)7-12;5-3(6)1-2-4(7)8/h2-4,7,10,14-16H,5-6,8-9,11H2,1H3,(H,24,27)(H2,22,23,25);1-2H,(H,5,6)(H,7,8)/b;2-1+. The van der Waals surface area contributed by atoms with Crippen LogP contribution in [0.25, 0.3) is 0 Å². The highest BCUT2D eigenvalue weighted by Crippen LogP contribution is 2.37. The summed E-state index contributed by atoms with van der Waals surface area (Å²) in [5.41, 5.74) is 6.83. The van der Waals surface area contributed by atoms with Gasteiger partial charge in [0, 0.05) is 43.0 Å². The number of anilines is 1. The van der Waals surface area contributed by atoms with Crippen LogP contribution in [-0.4, -0.2) is 68.2 Å². The second kappa shape index (κ2) is 12.1. The fourth-order valence-corrected chi connectivity index (χ4v) is 4.59. The number of carboxylic acids is 2. The summed E-state index contributed by atoms with van der Waals surface area (Å²) in [7, 11) is 1.45. The van der Waals surface area contributed by atoms with Gasteiger partial charge in [-0.25, -0.2) is 19.0 Å². The molecule has 2 bridgehead atoms. The van der Waals surface area contributed by atoms with Crippen molar-refractivity contribution in [2.45, 2.75) is 50.4 Å². The van der Waals surface area contributed by atoms with Gasteiger partial charge in [0.25, 0.3) is 5.91 Å². The van der Waals surface area contributed by atoms with Crippen molar-refractivity contribution in [1.82, 2.24) is 20.2 Å². The van der Waals surface area contributed by atoms with Gasteiger partial charge < -0.3 is 26.0 Å². The minimum Gasteiger partial charge on any atom is -0.480 e. The van der Waals surface area contributed by atoms with Crippen LogP contribution < -0.4 is 15.8 Å². The Balaban J connectivity index is 0.000000392. The monoisotopic (exact) mass is 501 g/mol. The molecule has 4 rings (SSSR count). The summed E-state index contributed by atoms with van der Waals surface area (Å²) in [5, 5.41) is 18.7. The number of nitrogens with two attached hydrogens (primary N) is 1. The van der Waals surface area contributed by atoms with Gasteiger partial charge in [-0.2, -0.15) is 4.98 Å². The van der Waals surface area contributed by atoms with Crippen molar-refractivity contribution in [3.05, 3.63) is 59.6 Å². The van der Waals surface area contributed by atoms with Gasteiger partial charge in [0.15, 0.2) is 0 Å². The largest absolute Gasteiger partial charge is 0.480 e. The fourth-order valence-electron chi connectivity index (χ4n) is 4.59. The molecule has 12 heteroatoms. The van der Waals surface area contributed by atoms with Crippen molar-refractivity contribution in [2.75, 3.05) is 12.8 Å². The Morgan fingerprint density at radius 1 is 1.19 bits per heavy atom. The number of carbonyl (C=O) groups excluding carboxylic acids is 1. The number of piperidine rings is 1. The number of hydrogen-bond acceptors (Lipinski definition) is 8. The van der Waals surface area contributed by atoms with Crippen molar-refractivity contribution in [2.24, 2.45) is 0 Å². The van der Waals surface area contributed by atoms with Gasteiger partial charge in [-0.3, -0.25) is 9.69 Å². The maximum Gasteiger partial charge on any atom is 0.328 e. The molecule has 2 atom stereocenters. The van der Waals surface area contributed by atoms with E-state index < -0.39 is 11.9 Å². The Morgan fingerprint density at radius 3 is 2.39 bits per heavy atom. The van der Waals surface area contributed by atoms with E-state index in [2.05, 4.69) is 20.2 Å². The van der Waals surface area contributed by atoms with Crippen molar-refractivity contribution in [1.29, 1.82) is 0 Å². The SMILES string of the molecule is COc1nc(N)ncc1C(=O)NC1CC2CCC(C1)N2Cc1cccc(F)c1.O=C(O)/C=C/C(=O)O. The van der Waals surface area contributed by atoms with Crippen LogP contribution in [-0.2, 0) is 16.1 Å². The normalized spacial score (nSPS) is 20.9. The molecule has 36 heavy (non-hydrogen) atoms. The molecule has 0 radical (unpaired) electrons. The average Bonchev–Trinajstić information content (AvgIpc) is 3.05. The number of aliphatic carboxylic acids is 2. The number of fused-ring (bicyclic) bond motifs is 2. The van der Waals surface area contributed by atoms with Gasteiger partial charge in [0.2, 0.25) is 11.8 Å². The van der Waals surface area contributed by atoms with Crippen LogP contribution in [0.15, 0.2) is 42.6 Å². The Morgan fingerprint density at radius 2 is 1.83 bits per heavy atom. The molecule has 1 aromatic heterocycles. The van der Waals surface area contributed by atoms with E-state index >= 15 is 0 Å². The first kappa shape index (κ1) is 26.5. The number of nitrogen functional groups attached to an aromatic ring is 1. The maximum atomic E-state index is 13.5. The van der Waals surface area contributed by atoms with Gasteiger partial charge in [-0.1, -0.05) is 12.1 Å². The molecule has 0 saturated carbocycles. The summed E-state index contributed by atoms with van der Waals surface area (Å²) in [6.45, 7) is 0.743. The smallest absolute Gasteiger partial charge is 0.328 e. The second-order valence-corrected chi connectivity index (χ2v) is 8.49. The van der Waals surface area contributed by atoms with Crippen molar-refractivity contribution in [3.63, 3.8) is 0 Å². The Bertz CT molecular complexity index is 1110. The Labute approximate surface area is 206 Å². The lowest BCUT2D eigenvalue weighted by Gasteiger charge is -2.39. The van der Waals surface area contributed by atoms with E-state index in [0.717, 1.165) is 37.8 Å². The summed E-state index contributed by atoms with van der Waals surface area (Å²) in [5.74, 6) is -2.72. The molecule has 11 nitrogen and oxygen atoms in total. The van der Waals surface area contributed by atoms with Crippen LogP contribution >= 0.6 is 0 Å². The van der Waals surface area contributed by atoms with Crippen molar-refractivity contribution >= 4 is 23.8 Å². The summed E-state index contributed by atoms with van der Waals surface area (Å²) in [6.07, 6.45) is 6.45. The van der Waals surface area contributed by atoms with E-state index in [0.29, 0.717) is 24.2 Å². The number of nitrogens with zero attached hydrogens (tertiary/aromatic N) is 3. The number of hydrogen-bond donors (Lipinski definition) is 4. The highest BCUT2D eigenvalue weighted by Gasteiger charge is 2.41. The molecule has 2 aromatic rings. The molecule has 1 amide bonds. The zero-order valence-corrected chi connectivity index (χ0v) is 19.6. The third-order valence-corrected chi connectivity index (χ3v) is 6.05. The fraction of sp³-hybridized carbons (Fsp3) is 0.375. The van der Waals surface area contributed by atoms with Crippen molar-refractivity contribution in [3.8, 4) is 5.88 Å². The predicted octanol–water partition coefficient (Wildman–Crippen LogP) is 1.84. The number of benzene rings is 1. The maximum absolute atomic E-state index is 13.5. The molecule has 2 aliphatic heterocycles. The first-order valence-electron chi connectivity index (χ1n) is 11.3. The summed E-state index contributed by atoms with van der Waals surface area (Å²) in [4.78, 5) is 42.1. The zero-order chi connectivity index (χ0) is 26.2. The van der Waals surface area contributed by atoms with E-state index in [4.69, 9.17) is 20.7 Å². The average molecular weight is 502 g/mol. The number of carboxylic acid groups (broad SMARTS) is 2. The van der Waals surface area contributed by atoms with E-state index in [1.165, 1.54) is 19.4 Å². The number of aromatic nitrogens is 2. The topological polar surface area (TPSA) is 168 Å². The van der Waals surface area contributed by atoms with E-state index in [1.807, 2.05) is 6.07 Å². The molecule has 2 fully saturated rings. The molecule has 0 spiro atoms. The number of amides is 1. The first-order chi connectivity index (χ1) is 17.2. The lowest BCUT2D eigenvalue weighted by atomic mass is 9.96. The van der Waals surface area contributed by atoms with Crippen LogP contribution in [0.3, 0.4) is 0 Å². The van der Waals surface area contributed by atoms with E-state index in [1.54, 1.807) is 12.1 Å². The highest BCUT2D eigenvalue weighted by atomic mass is 19.1. The van der Waals surface area contributed by atoms with Crippen LogP contribution in [0.5, 0.6) is 5.88 Å². The van der Waals surface area contributed by atoms with Gasteiger partial charge in [-0.15, -0.1) is 0 Å². The highest BCUT2D eigenvalue weighted by molar-refractivity contribution is 5.96. The summed E-state index contributed by atoms with van der Waals surface area (Å²) >= 11 is 0. The molecule has 3 heterocycles. The number of halogens is 1. The molecular formula is C24H28FN5O6. The van der Waals surface area contributed by atoms with Gasteiger partial charge in [-0.05, 0) is 43.4 Å². The predicted molar refractivity (Wildman–Crippen MR) is 127 cm³/mol. The lowest BCUT2D eigenvalue weighted by Crippen LogP contribution is -2.50. The molecule has 2 aliphatic rings. The first-order valence-corrected chi connectivity index (χ1v) is 11.3. The molecule has 192 valence electrons. The van der Waals surface area contributed by atoms with Gasteiger partial charge in [0.05, 0.1) is 7.11 Å². The third kappa shape index (κ3) is 7.22. The lowest BCUT2D eigenvalue weighted by molar-refractivity contribution is -0.134. The second-order valence-electron chi connectivity index (χ2n) is 8.49. The molecular weight excluding hydrogens is 473 g/mol. The van der Waals surface area contributed by atoms with Gasteiger partial charge in [0.1, 0.15) is 11.4 Å². The summed E-state index contributed by atoms with van der Waals surface area (Å²) in [6, 6.07) is 7.63. The van der Waals surface area contributed by atoms with Crippen LogP contribution in [0.1, 0.15) is 41.6 Å². The van der Waals surface area contributed by atoms with Crippen LogP contribution in [0.2, 0.25) is 0 Å². The summed E-state index contributed by atoms with van der Waals surface area (Å²) < 4.78 is 18.6. The van der Waals surface area contributed by atoms with E-state index in [-0.39, 0.29) is 35.2 Å². The molecule has 0 aliphatic carbocycles. The minimum absolute atomic E-state index is 0.0668. The molecule has 2 saturated heterocycles.